The fourth-order valence-electron chi connectivity index (χ4n) is 2.02. The molecule has 5 nitrogen and oxygen atoms in total. The van der Waals surface area contributed by atoms with Gasteiger partial charge in [0.25, 0.3) is 0 Å². The Labute approximate surface area is 112 Å². The molecular weight excluding hydrogens is 242 g/mol. The molecule has 0 aliphatic rings. The van der Waals surface area contributed by atoms with Gasteiger partial charge in [-0.05, 0) is 31.2 Å². The molecule has 1 aromatic carbocycles. The average Bonchev–Trinajstić information content (AvgIpc) is 2.77. The molecule has 0 spiro atoms. The van der Waals surface area contributed by atoms with Gasteiger partial charge in [-0.1, -0.05) is 6.07 Å². The number of hydrogen-bond donors (Lipinski definition) is 0. The minimum atomic E-state index is -0.206. The molecule has 5 heteroatoms. The van der Waals surface area contributed by atoms with Crippen molar-refractivity contribution in [3.8, 4) is 0 Å². The van der Waals surface area contributed by atoms with Gasteiger partial charge in [-0.2, -0.15) is 0 Å². The first-order valence-electron chi connectivity index (χ1n) is 6.25. The highest BCUT2D eigenvalue weighted by atomic mass is 16.5. The second kappa shape index (κ2) is 5.84. The zero-order valence-electron chi connectivity index (χ0n) is 11.6. The lowest BCUT2D eigenvalue weighted by atomic mass is 10.1. The molecule has 0 amide bonds. The molecule has 2 aromatic rings. The molecule has 0 atom stereocenters. The van der Waals surface area contributed by atoms with Crippen LogP contribution in [0.25, 0.3) is 11.0 Å². The van der Waals surface area contributed by atoms with Crippen molar-refractivity contribution in [2.45, 2.75) is 6.42 Å². The molecule has 1 aromatic heterocycles. The molecule has 19 heavy (non-hydrogen) atoms. The summed E-state index contributed by atoms with van der Waals surface area (Å²) in [5.74, 6) is -0.206. The number of carbonyl (C=O) groups excluding carboxylic acids is 1. The van der Waals surface area contributed by atoms with Gasteiger partial charge in [-0.3, -0.25) is 9.69 Å². The van der Waals surface area contributed by atoms with Gasteiger partial charge < -0.3 is 9.30 Å². The van der Waals surface area contributed by atoms with E-state index in [1.54, 1.807) is 0 Å². The van der Waals surface area contributed by atoms with Crippen molar-refractivity contribution < 1.29 is 9.53 Å². The fourth-order valence-corrected chi connectivity index (χ4v) is 2.02. The minimum absolute atomic E-state index is 0.206. The summed E-state index contributed by atoms with van der Waals surface area (Å²) in [6.07, 6.45) is 2.71. The summed E-state index contributed by atoms with van der Waals surface area (Å²) in [5, 5.41) is 0. The fraction of sp³-hybridized carbons (Fsp3) is 0.429. The number of aromatic nitrogens is 2. The Hall–Kier alpha value is -1.88. The lowest BCUT2D eigenvalue weighted by Crippen LogP contribution is -2.28. The van der Waals surface area contributed by atoms with Crippen molar-refractivity contribution in [2.24, 2.45) is 7.05 Å². The van der Waals surface area contributed by atoms with Crippen molar-refractivity contribution in [3.63, 3.8) is 0 Å². The summed E-state index contributed by atoms with van der Waals surface area (Å²) in [4.78, 5) is 17.4. The standard InChI is InChI=1S/C14H19N3O2/c1-16(9-14(18)19-3)7-6-11-4-5-13-12(8-11)15-10-17(13)2/h4-5,8,10H,6-7,9H2,1-3H3. The number of ether oxygens (including phenoxy) is 1. The van der Waals surface area contributed by atoms with E-state index in [4.69, 9.17) is 0 Å². The second-order valence-corrected chi connectivity index (χ2v) is 4.74. The predicted molar refractivity (Wildman–Crippen MR) is 73.9 cm³/mol. The highest BCUT2D eigenvalue weighted by molar-refractivity contribution is 5.76. The molecule has 0 bridgehead atoms. The molecule has 0 N–H and O–H groups in total. The Balaban J connectivity index is 1.96. The van der Waals surface area contributed by atoms with Gasteiger partial charge in [0, 0.05) is 13.6 Å². The van der Waals surface area contributed by atoms with E-state index >= 15 is 0 Å². The monoisotopic (exact) mass is 261 g/mol. The molecule has 0 unspecified atom stereocenters. The average molecular weight is 261 g/mol. The maximum Gasteiger partial charge on any atom is 0.319 e. The predicted octanol–water partition coefficient (Wildman–Crippen LogP) is 1.22. The van der Waals surface area contributed by atoms with Crippen molar-refractivity contribution in [1.29, 1.82) is 0 Å². The molecule has 0 saturated carbocycles. The maximum absolute atomic E-state index is 11.1. The Bertz CT molecular complexity index is 577. The van der Waals surface area contributed by atoms with Crippen LogP contribution < -0.4 is 0 Å². The van der Waals surface area contributed by atoms with Crippen LogP contribution in [0.5, 0.6) is 0 Å². The van der Waals surface area contributed by atoms with Crippen LogP contribution >= 0.6 is 0 Å². The molecule has 102 valence electrons. The number of fused-ring (bicyclic) bond motifs is 1. The zero-order valence-corrected chi connectivity index (χ0v) is 11.6. The first-order chi connectivity index (χ1) is 9.10. The van der Waals surface area contributed by atoms with E-state index in [0.717, 1.165) is 24.0 Å². The molecular formula is C14H19N3O2. The SMILES string of the molecule is COC(=O)CN(C)CCc1ccc2c(c1)ncn2C. The summed E-state index contributed by atoms with van der Waals surface area (Å²) in [7, 11) is 5.31. The lowest BCUT2D eigenvalue weighted by molar-refractivity contribution is -0.141. The van der Waals surface area contributed by atoms with E-state index in [-0.39, 0.29) is 5.97 Å². The van der Waals surface area contributed by atoms with Gasteiger partial charge in [0.1, 0.15) is 0 Å². The van der Waals surface area contributed by atoms with Gasteiger partial charge in [-0.25, -0.2) is 4.98 Å². The number of imidazole rings is 1. The largest absolute Gasteiger partial charge is 0.468 e. The number of methoxy groups -OCH3 is 1. The first-order valence-corrected chi connectivity index (χ1v) is 6.25. The van der Waals surface area contributed by atoms with Gasteiger partial charge >= 0.3 is 5.97 Å². The van der Waals surface area contributed by atoms with E-state index in [9.17, 15) is 4.79 Å². The quantitative estimate of drug-likeness (QED) is 0.759. The van der Waals surface area contributed by atoms with Crippen LogP contribution in [0.2, 0.25) is 0 Å². The van der Waals surface area contributed by atoms with E-state index in [1.165, 1.54) is 12.7 Å². The van der Waals surface area contributed by atoms with E-state index in [2.05, 4.69) is 27.9 Å². The Kier molecular flexibility index (Phi) is 4.16. The number of nitrogens with zero attached hydrogens (tertiary/aromatic N) is 3. The number of aryl methyl sites for hydroxylation is 1. The number of likely N-dealkylation sites (N-methyl/N-ethyl adjacent to an activating group) is 1. The molecule has 0 fully saturated rings. The van der Waals surface area contributed by atoms with Crippen molar-refractivity contribution in [3.05, 3.63) is 30.1 Å². The summed E-state index contributed by atoms with van der Waals surface area (Å²) in [6, 6.07) is 6.29. The van der Waals surface area contributed by atoms with Gasteiger partial charge in [0.15, 0.2) is 0 Å². The summed E-state index contributed by atoms with van der Waals surface area (Å²) < 4.78 is 6.64. The van der Waals surface area contributed by atoms with Crippen LogP contribution in [0.3, 0.4) is 0 Å². The van der Waals surface area contributed by atoms with Gasteiger partial charge in [-0.15, -0.1) is 0 Å². The highest BCUT2D eigenvalue weighted by Crippen LogP contribution is 2.14. The molecule has 0 aliphatic carbocycles. The van der Waals surface area contributed by atoms with E-state index in [1.807, 2.05) is 29.9 Å². The molecule has 0 radical (unpaired) electrons. The number of rotatable bonds is 5. The number of carbonyl (C=O) groups is 1. The third kappa shape index (κ3) is 3.32. The summed E-state index contributed by atoms with van der Waals surface area (Å²) in [6.45, 7) is 1.13. The first kappa shape index (κ1) is 13.5. The second-order valence-electron chi connectivity index (χ2n) is 4.74. The maximum atomic E-state index is 11.1. The number of benzene rings is 1. The van der Waals surface area contributed by atoms with Crippen LogP contribution in [0.15, 0.2) is 24.5 Å². The van der Waals surface area contributed by atoms with E-state index < -0.39 is 0 Å². The number of hydrogen-bond acceptors (Lipinski definition) is 4. The Morgan fingerprint density at radius 2 is 2.26 bits per heavy atom. The highest BCUT2D eigenvalue weighted by Gasteiger charge is 2.07. The molecule has 0 aliphatic heterocycles. The number of esters is 1. The normalized spacial score (nSPS) is 11.2. The van der Waals surface area contributed by atoms with Crippen molar-refractivity contribution >= 4 is 17.0 Å². The van der Waals surface area contributed by atoms with Crippen LogP contribution in [-0.4, -0.2) is 47.7 Å². The van der Waals surface area contributed by atoms with Crippen LogP contribution in [0.4, 0.5) is 0 Å². The molecule has 0 saturated heterocycles. The third-order valence-corrected chi connectivity index (χ3v) is 3.20. The van der Waals surface area contributed by atoms with Crippen molar-refractivity contribution in [1.82, 2.24) is 14.5 Å². The van der Waals surface area contributed by atoms with Crippen LogP contribution in [0.1, 0.15) is 5.56 Å². The van der Waals surface area contributed by atoms with E-state index in [0.29, 0.717) is 6.54 Å². The smallest absolute Gasteiger partial charge is 0.319 e. The zero-order chi connectivity index (χ0) is 13.8. The molecule has 2 rings (SSSR count). The van der Waals surface area contributed by atoms with Crippen molar-refractivity contribution in [2.75, 3.05) is 27.2 Å². The lowest BCUT2D eigenvalue weighted by Gasteiger charge is -2.14. The van der Waals surface area contributed by atoms with Crippen LogP contribution in [0, 0.1) is 0 Å². The third-order valence-electron chi connectivity index (χ3n) is 3.20. The summed E-state index contributed by atoms with van der Waals surface area (Å²) in [5.41, 5.74) is 3.37. The van der Waals surface area contributed by atoms with Crippen LogP contribution in [-0.2, 0) is 23.0 Å². The molecule has 1 heterocycles. The summed E-state index contributed by atoms with van der Waals surface area (Å²) >= 11 is 0. The Morgan fingerprint density at radius 1 is 1.47 bits per heavy atom. The van der Waals surface area contributed by atoms with Gasteiger partial charge in [0.05, 0.1) is 31.0 Å². The Morgan fingerprint density at radius 3 is 3.00 bits per heavy atom. The topological polar surface area (TPSA) is 47.4 Å². The minimum Gasteiger partial charge on any atom is -0.468 e. The van der Waals surface area contributed by atoms with Gasteiger partial charge in [0.2, 0.25) is 0 Å².